The van der Waals surface area contributed by atoms with Crippen LogP contribution >= 0.6 is 0 Å². The van der Waals surface area contributed by atoms with Crippen molar-refractivity contribution in [2.75, 3.05) is 19.7 Å². The van der Waals surface area contributed by atoms with Gasteiger partial charge in [0.05, 0.1) is 12.6 Å². The van der Waals surface area contributed by atoms with E-state index < -0.39 is 5.60 Å². The van der Waals surface area contributed by atoms with Crippen LogP contribution in [0.4, 0.5) is 0 Å². The Hall–Kier alpha value is -3.84. The normalized spacial score (nSPS) is 18.1. The minimum absolute atomic E-state index is 0.0170. The molecule has 2 amide bonds. The topological polar surface area (TPSA) is 88.1 Å². The summed E-state index contributed by atoms with van der Waals surface area (Å²) in [4.78, 5) is 27.3. The van der Waals surface area contributed by atoms with E-state index in [0.717, 1.165) is 33.8 Å². The molecule has 0 saturated heterocycles. The highest BCUT2D eigenvalue weighted by atomic mass is 16.5. The van der Waals surface area contributed by atoms with Gasteiger partial charge in [-0.2, -0.15) is 0 Å². The van der Waals surface area contributed by atoms with Gasteiger partial charge in [-0.3, -0.25) is 9.59 Å². The quantitative estimate of drug-likeness (QED) is 0.497. The van der Waals surface area contributed by atoms with Crippen LogP contribution in [0.5, 0.6) is 17.2 Å². The molecule has 8 bridgehead atoms. The average Bonchev–Trinajstić information content (AvgIpc) is 2.90. The molecule has 5 heterocycles. The van der Waals surface area contributed by atoms with Crippen LogP contribution in [0.2, 0.25) is 0 Å². The maximum atomic E-state index is 13.3. The molecule has 7 nitrogen and oxygen atoms in total. The lowest BCUT2D eigenvalue weighted by atomic mass is 9.86. The maximum absolute atomic E-state index is 13.3. The van der Waals surface area contributed by atoms with E-state index in [-0.39, 0.29) is 17.9 Å². The van der Waals surface area contributed by atoms with E-state index in [2.05, 4.69) is 5.32 Å². The van der Waals surface area contributed by atoms with E-state index in [4.69, 9.17) is 9.47 Å². The molecular weight excluding hydrogens is 480 g/mol. The van der Waals surface area contributed by atoms with Crippen LogP contribution in [0.25, 0.3) is 0 Å². The summed E-state index contributed by atoms with van der Waals surface area (Å²) < 4.78 is 12.2. The van der Waals surface area contributed by atoms with Gasteiger partial charge in [0.25, 0.3) is 5.91 Å². The van der Waals surface area contributed by atoms with E-state index in [1.807, 2.05) is 66.7 Å². The summed E-state index contributed by atoms with van der Waals surface area (Å²) in [5.41, 5.74) is 2.59. The van der Waals surface area contributed by atoms with Crippen LogP contribution < -0.4 is 14.8 Å². The lowest BCUT2D eigenvalue weighted by Gasteiger charge is -2.40. The number of amides is 2. The highest BCUT2D eigenvalue weighted by Crippen LogP contribution is 2.39. The molecule has 198 valence electrons. The molecule has 5 aliphatic rings. The molecule has 0 aromatic heterocycles. The second-order valence-corrected chi connectivity index (χ2v) is 10.4. The number of hydrogen-bond acceptors (Lipinski definition) is 5. The molecule has 7 heteroatoms. The van der Waals surface area contributed by atoms with Crippen molar-refractivity contribution in [2.45, 2.75) is 51.2 Å². The minimum Gasteiger partial charge on any atom is -0.494 e. The fourth-order valence-corrected chi connectivity index (χ4v) is 5.07. The minimum atomic E-state index is -1.49. The molecule has 0 aliphatic carbocycles. The monoisotopic (exact) mass is 514 g/mol. The molecule has 8 rings (SSSR count). The lowest BCUT2D eigenvalue weighted by Crippen LogP contribution is -2.49. The van der Waals surface area contributed by atoms with Gasteiger partial charge in [-0.15, -0.1) is 0 Å². The summed E-state index contributed by atoms with van der Waals surface area (Å²) in [6.45, 7) is 4.53. The molecule has 38 heavy (non-hydrogen) atoms. The van der Waals surface area contributed by atoms with Crippen molar-refractivity contribution in [3.63, 3.8) is 0 Å². The Labute approximate surface area is 223 Å². The van der Waals surface area contributed by atoms with Crippen molar-refractivity contribution in [3.8, 4) is 17.2 Å². The summed E-state index contributed by atoms with van der Waals surface area (Å²) in [6, 6.07) is 21.2. The Morgan fingerprint density at radius 3 is 2.55 bits per heavy atom. The first-order chi connectivity index (χ1) is 18.3. The summed E-state index contributed by atoms with van der Waals surface area (Å²) in [6.07, 6.45) is 2.42. The summed E-state index contributed by atoms with van der Waals surface area (Å²) >= 11 is 0. The maximum Gasteiger partial charge on any atom is 0.254 e. The Kier molecular flexibility index (Phi) is 7.38. The van der Waals surface area contributed by atoms with Crippen LogP contribution in [0.15, 0.2) is 66.7 Å². The van der Waals surface area contributed by atoms with E-state index in [9.17, 15) is 14.7 Å². The molecule has 0 radical (unpaired) electrons. The van der Waals surface area contributed by atoms with Gasteiger partial charge in [0.2, 0.25) is 5.91 Å². The zero-order valence-electron chi connectivity index (χ0n) is 21.9. The first-order valence-corrected chi connectivity index (χ1v) is 13.2. The largest absolute Gasteiger partial charge is 0.494 e. The van der Waals surface area contributed by atoms with E-state index >= 15 is 0 Å². The number of ether oxygens (including phenoxy) is 2. The Morgan fingerprint density at radius 1 is 0.974 bits per heavy atom. The zero-order valence-corrected chi connectivity index (χ0v) is 21.9. The van der Waals surface area contributed by atoms with Crippen molar-refractivity contribution >= 4 is 11.8 Å². The molecule has 2 N–H and O–H groups in total. The average molecular weight is 515 g/mol. The number of rotatable bonds is 1. The molecule has 0 spiro atoms. The number of nitrogens with zero attached hydrogens (tertiary/aromatic N) is 1. The lowest BCUT2D eigenvalue weighted by molar-refractivity contribution is -0.150. The number of nitrogens with one attached hydrogen (secondary N) is 1. The number of hydrogen-bond donors (Lipinski definition) is 2. The van der Waals surface area contributed by atoms with Gasteiger partial charge in [-0.1, -0.05) is 30.3 Å². The second-order valence-electron chi connectivity index (χ2n) is 10.4. The van der Waals surface area contributed by atoms with Gasteiger partial charge in [-0.25, -0.2) is 0 Å². The SMILES string of the molecule is CC(C)(O)C(=O)N1CCc2cc3ccc2C1c1cccc(c1)OCCCNC(=O)CCc1ccc(cc1)O3. The first-order valence-electron chi connectivity index (χ1n) is 13.2. The van der Waals surface area contributed by atoms with Crippen LogP contribution in [0.3, 0.4) is 0 Å². The molecule has 0 fully saturated rings. The van der Waals surface area contributed by atoms with Crippen molar-refractivity contribution in [1.82, 2.24) is 10.2 Å². The summed E-state index contributed by atoms with van der Waals surface area (Å²) in [7, 11) is 0. The summed E-state index contributed by atoms with van der Waals surface area (Å²) in [5.74, 6) is 1.84. The number of aryl methyl sites for hydroxylation is 1. The fourth-order valence-electron chi connectivity index (χ4n) is 5.07. The number of carbonyl (C=O) groups excluding carboxylic acids is 2. The number of benzene rings is 3. The number of carbonyl (C=O) groups is 2. The Balaban J connectivity index is 1.53. The third-order valence-corrected chi connectivity index (χ3v) is 7.01. The van der Waals surface area contributed by atoms with Crippen molar-refractivity contribution < 1.29 is 24.2 Å². The van der Waals surface area contributed by atoms with E-state index in [1.54, 1.807) is 4.90 Å². The van der Waals surface area contributed by atoms with Crippen molar-refractivity contribution in [3.05, 3.63) is 89.0 Å². The van der Waals surface area contributed by atoms with Crippen LogP contribution in [0.1, 0.15) is 55.0 Å². The highest BCUT2D eigenvalue weighted by Gasteiger charge is 2.38. The van der Waals surface area contributed by atoms with Crippen LogP contribution in [-0.4, -0.2) is 47.1 Å². The van der Waals surface area contributed by atoms with Gasteiger partial charge in [0.1, 0.15) is 22.8 Å². The molecule has 3 aromatic rings. The van der Waals surface area contributed by atoms with Crippen LogP contribution in [-0.2, 0) is 22.4 Å². The fraction of sp³-hybridized carbons (Fsp3) is 0.355. The number of aliphatic hydroxyl groups is 1. The van der Waals surface area contributed by atoms with Crippen LogP contribution in [0, 0.1) is 0 Å². The molecule has 3 aromatic carbocycles. The molecular formula is C31H34N2O5. The molecule has 0 saturated carbocycles. The Morgan fingerprint density at radius 2 is 1.76 bits per heavy atom. The predicted octanol–water partition coefficient (Wildman–Crippen LogP) is 4.56. The first kappa shape index (κ1) is 25.8. The predicted molar refractivity (Wildman–Crippen MR) is 144 cm³/mol. The van der Waals surface area contributed by atoms with Gasteiger partial charge in [0, 0.05) is 19.5 Å². The van der Waals surface area contributed by atoms with Gasteiger partial charge in [-0.05, 0) is 91.8 Å². The third-order valence-electron chi connectivity index (χ3n) is 7.01. The smallest absolute Gasteiger partial charge is 0.254 e. The van der Waals surface area contributed by atoms with E-state index in [0.29, 0.717) is 51.1 Å². The van der Waals surface area contributed by atoms with Crippen molar-refractivity contribution in [2.24, 2.45) is 0 Å². The van der Waals surface area contributed by atoms with Gasteiger partial charge >= 0.3 is 0 Å². The molecule has 1 unspecified atom stereocenters. The van der Waals surface area contributed by atoms with Gasteiger partial charge in [0.15, 0.2) is 0 Å². The molecule has 5 aliphatic heterocycles. The highest BCUT2D eigenvalue weighted by molar-refractivity contribution is 5.85. The third kappa shape index (κ3) is 5.83. The Bertz CT molecular complexity index is 1310. The standard InChI is InChI=1S/C31H34N2O5/c1-31(2,36)30(35)33-17-15-22-19-26-12-13-27(22)29(33)23-5-3-6-25(20-23)37-18-4-16-32-28(34)14-9-21-7-10-24(38-26)11-8-21/h3,5-8,10-13,19-20,29,36H,4,9,14-18H2,1-2H3,(H,32,34). The molecule has 1 atom stereocenters. The second kappa shape index (κ2) is 10.9. The van der Waals surface area contributed by atoms with Gasteiger partial charge < -0.3 is 24.8 Å². The van der Waals surface area contributed by atoms with Crippen molar-refractivity contribution in [1.29, 1.82) is 0 Å². The zero-order chi connectivity index (χ0) is 26.7. The summed E-state index contributed by atoms with van der Waals surface area (Å²) in [5, 5.41) is 13.5. The van der Waals surface area contributed by atoms with E-state index in [1.165, 1.54) is 13.8 Å².